The first-order valence-electron chi connectivity index (χ1n) is 9.64. The van der Waals surface area contributed by atoms with Crippen LogP contribution in [0.25, 0.3) is 6.08 Å². The van der Waals surface area contributed by atoms with E-state index in [9.17, 15) is 4.79 Å². The van der Waals surface area contributed by atoms with Crippen LogP contribution in [0.5, 0.6) is 0 Å². The van der Waals surface area contributed by atoms with Crippen LogP contribution < -0.4 is 0 Å². The number of hydrogen-bond donors (Lipinski definition) is 0. The van der Waals surface area contributed by atoms with E-state index in [4.69, 9.17) is 0 Å². The van der Waals surface area contributed by atoms with Crippen LogP contribution in [-0.4, -0.2) is 20.4 Å². The lowest BCUT2D eigenvalue weighted by Gasteiger charge is -2.28. The number of thioether (sulfide) groups is 1. The molecule has 0 spiro atoms. The van der Waals surface area contributed by atoms with Crippen LogP contribution in [0.1, 0.15) is 33.7 Å². The fourth-order valence-corrected chi connectivity index (χ4v) is 4.38. The predicted octanol–water partition coefficient (Wildman–Crippen LogP) is 6.27. The van der Waals surface area contributed by atoms with Gasteiger partial charge in [-0.1, -0.05) is 66.8 Å². The van der Waals surface area contributed by atoms with Gasteiger partial charge in [0.05, 0.1) is 5.69 Å². The number of carbonyl (C=O) groups excluding carboxylic acids is 1. The van der Waals surface area contributed by atoms with E-state index in [2.05, 4.69) is 11.7 Å². The first kappa shape index (κ1) is 20.9. The minimum absolute atomic E-state index is 0.0628. The third-order valence-corrected chi connectivity index (χ3v) is 6.39. The van der Waals surface area contributed by atoms with Crippen LogP contribution in [0.3, 0.4) is 0 Å². The Morgan fingerprint density at radius 3 is 2.24 bits per heavy atom. The Kier molecular flexibility index (Phi) is 6.55. The number of allylic oxidation sites excluding steroid dienone is 1. The first-order valence-corrected chi connectivity index (χ1v) is 10.5. The minimum Gasteiger partial charge on any atom is -0.271 e. The van der Waals surface area contributed by atoms with Crippen LogP contribution >= 0.6 is 11.8 Å². The van der Waals surface area contributed by atoms with Crippen LogP contribution in [0.4, 0.5) is 0 Å². The maximum Gasteiger partial charge on any atom is 0.267 e. The monoisotopic (exact) mass is 402 g/mol. The second-order valence-corrected chi connectivity index (χ2v) is 8.46. The van der Waals surface area contributed by atoms with E-state index in [1.54, 1.807) is 4.68 Å². The molecule has 0 bridgehead atoms. The largest absolute Gasteiger partial charge is 0.271 e. The molecule has 1 atom stereocenters. The molecule has 3 rings (SSSR count). The zero-order valence-corrected chi connectivity index (χ0v) is 17.9. The standard InChI is InChI=1S/C25H26N2OS/c1-5-17-25(29-23-14-10-7-11-15-23,18-16-22-12-8-6-9-13-22)24(28)27-21(4)19(2)20(3)26-27/h5-16,18H,1,17H2,2-4H3/b18-16+. The van der Waals surface area contributed by atoms with E-state index in [1.165, 1.54) is 11.8 Å². The van der Waals surface area contributed by atoms with Gasteiger partial charge >= 0.3 is 0 Å². The van der Waals surface area contributed by atoms with Gasteiger partial charge in [0.25, 0.3) is 5.91 Å². The van der Waals surface area contributed by atoms with E-state index in [0.717, 1.165) is 27.4 Å². The summed E-state index contributed by atoms with van der Waals surface area (Å²) in [6.45, 7) is 9.82. The smallest absolute Gasteiger partial charge is 0.267 e. The Hall–Kier alpha value is -2.85. The summed E-state index contributed by atoms with van der Waals surface area (Å²) in [5, 5.41) is 4.54. The maximum atomic E-state index is 13.8. The molecule has 3 nitrogen and oxygen atoms in total. The van der Waals surface area contributed by atoms with Crippen molar-refractivity contribution in [3.63, 3.8) is 0 Å². The molecule has 0 fully saturated rings. The Labute approximate surface area is 177 Å². The summed E-state index contributed by atoms with van der Waals surface area (Å²) in [5.41, 5.74) is 3.84. The SMILES string of the molecule is C=CCC(/C=C/c1ccccc1)(Sc1ccccc1)C(=O)n1nc(C)c(C)c1C. The first-order chi connectivity index (χ1) is 14.0. The van der Waals surface area contributed by atoms with Gasteiger partial charge < -0.3 is 0 Å². The van der Waals surface area contributed by atoms with Gasteiger partial charge in [-0.15, -0.1) is 18.3 Å². The fraction of sp³-hybridized carbons (Fsp3) is 0.200. The topological polar surface area (TPSA) is 34.9 Å². The van der Waals surface area contributed by atoms with E-state index in [1.807, 2.05) is 99.7 Å². The summed E-state index contributed by atoms with van der Waals surface area (Å²) in [6, 6.07) is 20.0. The van der Waals surface area contributed by atoms with Gasteiger partial charge in [0.15, 0.2) is 0 Å². The van der Waals surface area contributed by atoms with Gasteiger partial charge in [-0.25, -0.2) is 4.68 Å². The molecule has 1 aromatic heterocycles. The molecule has 1 heterocycles. The highest BCUT2D eigenvalue weighted by Gasteiger charge is 2.38. The molecular formula is C25H26N2OS. The molecule has 0 saturated carbocycles. The van der Waals surface area contributed by atoms with Gasteiger partial charge in [-0.3, -0.25) is 4.79 Å². The molecule has 0 aliphatic carbocycles. The highest BCUT2D eigenvalue weighted by molar-refractivity contribution is 8.01. The number of aromatic nitrogens is 2. The quantitative estimate of drug-likeness (QED) is 0.345. The molecule has 148 valence electrons. The Balaban J connectivity index is 2.11. The lowest BCUT2D eigenvalue weighted by atomic mass is 10.0. The lowest BCUT2D eigenvalue weighted by molar-refractivity contribution is 0.0863. The molecule has 0 saturated heterocycles. The molecular weight excluding hydrogens is 376 g/mol. The summed E-state index contributed by atoms with van der Waals surface area (Å²) < 4.78 is 0.702. The second-order valence-electron chi connectivity index (χ2n) is 7.05. The summed E-state index contributed by atoms with van der Waals surface area (Å²) in [7, 11) is 0. The number of benzene rings is 2. The van der Waals surface area contributed by atoms with E-state index in [0.29, 0.717) is 6.42 Å². The molecule has 4 heteroatoms. The van der Waals surface area contributed by atoms with Gasteiger partial charge in [0.2, 0.25) is 0 Å². The highest BCUT2D eigenvalue weighted by atomic mass is 32.2. The van der Waals surface area contributed by atoms with Crippen molar-refractivity contribution in [2.45, 2.75) is 36.8 Å². The maximum absolute atomic E-state index is 13.8. The van der Waals surface area contributed by atoms with Gasteiger partial charge in [-0.2, -0.15) is 5.10 Å². The number of aryl methyl sites for hydroxylation is 1. The average Bonchev–Trinajstić information content (AvgIpc) is 3.00. The van der Waals surface area contributed by atoms with Gasteiger partial charge in [-0.05, 0) is 50.5 Å². The molecule has 0 aliphatic heterocycles. The average molecular weight is 403 g/mol. The Morgan fingerprint density at radius 2 is 1.69 bits per heavy atom. The summed E-state index contributed by atoms with van der Waals surface area (Å²) >= 11 is 1.54. The van der Waals surface area contributed by atoms with Crippen molar-refractivity contribution in [2.24, 2.45) is 0 Å². The number of nitrogens with zero attached hydrogens (tertiary/aromatic N) is 2. The summed E-state index contributed by atoms with van der Waals surface area (Å²) in [4.78, 5) is 14.9. The third kappa shape index (κ3) is 4.60. The molecule has 3 aromatic rings. The summed E-state index contributed by atoms with van der Waals surface area (Å²) in [6.07, 6.45) is 6.31. The van der Waals surface area contributed by atoms with Gasteiger partial charge in [0, 0.05) is 10.6 Å². The second kappa shape index (κ2) is 9.10. The number of carbonyl (C=O) groups is 1. The molecule has 1 unspecified atom stereocenters. The van der Waals surface area contributed by atoms with Crippen LogP contribution in [-0.2, 0) is 0 Å². The van der Waals surface area contributed by atoms with Gasteiger partial charge in [0.1, 0.15) is 4.75 Å². The van der Waals surface area contributed by atoms with E-state index in [-0.39, 0.29) is 5.91 Å². The van der Waals surface area contributed by atoms with Crippen molar-refractivity contribution in [1.82, 2.24) is 9.78 Å². The van der Waals surface area contributed by atoms with Crippen molar-refractivity contribution >= 4 is 23.7 Å². The van der Waals surface area contributed by atoms with Crippen LogP contribution in [0, 0.1) is 20.8 Å². The molecule has 2 aromatic carbocycles. The molecule has 0 aliphatic rings. The fourth-order valence-electron chi connectivity index (χ4n) is 3.15. The van der Waals surface area contributed by atoms with E-state index >= 15 is 0 Å². The van der Waals surface area contributed by atoms with E-state index < -0.39 is 4.75 Å². The van der Waals surface area contributed by atoms with Crippen molar-refractivity contribution < 1.29 is 4.79 Å². The normalized spacial score (nSPS) is 13.3. The van der Waals surface area contributed by atoms with Crippen molar-refractivity contribution in [2.75, 3.05) is 0 Å². The van der Waals surface area contributed by atoms with Crippen LogP contribution in [0.15, 0.2) is 84.3 Å². The molecule has 0 amide bonds. The number of hydrogen-bond acceptors (Lipinski definition) is 3. The zero-order valence-electron chi connectivity index (χ0n) is 17.1. The van der Waals surface area contributed by atoms with Crippen LogP contribution in [0.2, 0.25) is 0 Å². The third-order valence-electron chi connectivity index (χ3n) is 5.04. The summed E-state index contributed by atoms with van der Waals surface area (Å²) in [5.74, 6) is -0.0628. The predicted molar refractivity (Wildman–Crippen MR) is 122 cm³/mol. The molecule has 29 heavy (non-hydrogen) atoms. The Bertz CT molecular complexity index is 1020. The zero-order chi connectivity index (χ0) is 20.9. The molecule has 0 radical (unpaired) electrons. The number of rotatable bonds is 7. The van der Waals surface area contributed by atoms with Crippen molar-refractivity contribution in [1.29, 1.82) is 0 Å². The Morgan fingerprint density at radius 1 is 1.07 bits per heavy atom. The minimum atomic E-state index is -0.853. The van der Waals surface area contributed by atoms with Crippen molar-refractivity contribution in [3.05, 3.63) is 102 Å². The molecule has 0 N–H and O–H groups in total. The van der Waals surface area contributed by atoms with Crippen molar-refractivity contribution in [3.8, 4) is 0 Å². The highest BCUT2D eigenvalue weighted by Crippen LogP contribution is 2.39. The lowest BCUT2D eigenvalue weighted by Crippen LogP contribution is -2.38.